The SMILES string of the molecule is C=C[C@H]1[C@@H](OC(=O)c2ccccc2)[C@H]2[C@@]3(OC(=O)[C@@]1(C)O3)[C@H](O)C[C@H]1C(C)(C)[C@H](OC(C)=O)[C@H](OC(C)=O)[C@H](OC(=O)c3ccccc3)[C@@]12C. The van der Waals surface area contributed by atoms with Gasteiger partial charge in [0.2, 0.25) is 5.79 Å². The third-order valence-corrected chi connectivity index (χ3v) is 11.3. The van der Waals surface area contributed by atoms with Crippen LogP contribution in [-0.4, -0.2) is 76.9 Å². The molecule has 0 amide bonds. The van der Waals surface area contributed by atoms with Crippen LogP contribution in [-0.2, 0) is 42.8 Å². The van der Waals surface area contributed by atoms with Gasteiger partial charge in [-0.25, -0.2) is 14.4 Å². The summed E-state index contributed by atoms with van der Waals surface area (Å²) in [5, 5.41) is 12.1. The van der Waals surface area contributed by atoms with Gasteiger partial charge in [-0.2, -0.15) is 0 Å². The van der Waals surface area contributed by atoms with E-state index in [-0.39, 0.29) is 17.5 Å². The number of fused-ring (bicyclic) bond motifs is 3. The lowest BCUT2D eigenvalue weighted by Gasteiger charge is -2.68. The molecule has 11 atom stereocenters. The Hall–Kier alpha value is -4.55. The Balaban J connectivity index is 1.61. The van der Waals surface area contributed by atoms with E-state index in [1.807, 2.05) is 0 Å². The average Bonchev–Trinajstić information content (AvgIpc) is 3.29. The lowest BCUT2D eigenvalue weighted by molar-refractivity contribution is -0.388. The number of ether oxygens (including phenoxy) is 6. The Bertz CT molecular complexity index is 1710. The molecule has 2 aliphatic heterocycles. The van der Waals surface area contributed by atoms with Crippen molar-refractivity contribution in [2.75, 3.05) is 0 Å². The van der Waals surface area contributed by atoms with Crippen LogP contribution in [0.2, 0.25) is 0 Å². The van der Waals surface area contributed by atoms with Gasteiger partial charge in [0.15, 0.2) is 11.7 Å². The van der Waals surface area contributed by atoms with Crippen LogP contribution < -0.4 is 0 Å². The standard InChI is InChI=1S/C38H42O12/c1-8-24-27(47-32(42)22-15-11-9-12-16-22)29-36(6)25(19-26(41)38(29)49-34(44)37(24,7)50-38)35(4,5)30(46-21(3)40)28(45-20(2)39)31(36)48-33(43)23-17-13-10-14-18-23/h8-18,24-31,41H,1,19H2,2-7H3/t24-,25-,26+,27+,28-,29+,30+,31-,36-,37-,38+/m0/s1. The molecular weight excluding hydrogens is 648 g/mol. The molecule has 0 aromatic heterocycles. The van der Waals surface area contributed by atoms with Crippen molar-refractivity contribution < 1.29 is 57.5 Å². The van der Waals surface area contributed by atoms with Gasteiger partial charge in [0.1, 0.15) is 24.4 Å². The smallest absolute Gasteiger partial charge is 0.341 e. The summed E-state index contributed by atoms with van der Waals surface area (Å²) < 4.78 is 37.1. The molecule has 12 heteroatoms. The number of benzene rings is 2. The van der Waals surface area contributed by atoms with Crippen molar-refractivity contribution in [1.29, 1.82) is 0 Å². The van der Waals surface area contributed by atoms with Crippen molar-refractivity contribution in [3.8, 4) is 0 Å². The predicted molar refractivity (Wildman–Crippen MR) is 174 cm³/mol. The number of aliphatic hydroxyl groups is 1. The maximum atomic E-state index is 14.0. The molecule has 6 rings (SSSR count). The maximum Gasteiger partial charge on any atom is 0.341 e. The summed E-state index contributed by atoms with van der Waals surface area (Å²) in [4.78, 5) is 67.1. The number of aliphatic hydroxyl groups excluding tert-OH is 1. The lowest BCUT2D eigenvalue weighted by Crippen LogP contribution is -2.79. The molecule has 4 aliphatic rings. The van der Waals surface area contributed by atoms with Gasteiger partial charge in [-0.15, -0.1) is 6.58 Å². The van der Waals surface area contributed by atoms with Gasteiger partial charge < -0.3 is 33.5 Å². The fraction of sp³-hybridized carbons (Fsp3) is 0.500. The van der Waals surface area contributed by atoms with Crippen LogP contribution in [0.15, 0.2) is 73.3 Å². The van der Waals surface area contributed by atoms with Crippen molar-refractivity contribution in [2.45, 2.75) is 89.9 Å². The van der Waals surface area contributed by atoms with Crippen LogP contribution >= 0.6 is 0 Å². The van der Waals surface area contributed by atoms with E-state index < -0.39 is 100 Å². The first-order chi connectivity index (χ1) is 23.5. The molecule has 2 bridgehead atoms. The van der Waals surface area contributed by atoms with Crippen molar-refractivity contribution >= 4 is 29.8 Å². The van der Waals surface area contributed by atoms with E-state index in [9.17, 15) is 29.1 Å². The van der Waals surface area contributed by atoms with Crippen molar-refractivity contribution in [3.63, 3.8) is 0 Å². The quantitative estimate of drug-likeness (QED) is 0.251. The summed E-state index contributed by atoms with van der Waals surface area (Å²) in [6, 6.07) is 16.4. The molecule has 2 saturated heterocycles. The number of esters is 5. The topological polar surface area (TPSA) is 161 Å². The summed E-state index contributed by atoms with van der Waals surface area (Å²) in [7, 11) is 0. The fourth-order valence-corrected chi connectivity index (χ4v) is 9.26. The van der Waals surface area contributed by atoms with E-state index in [0.717, 1.165) is 0 Å². The molecule has 0 unspecified atom stereocenters. The zero-order valence-corrected chi connectivity index (χ0v) is 28.8. The van der Waals surface area contributed by atoms with E-state index in [2.05, 4.69) is 6.58 Å². The third-order valence-electron chi connectivity index (χ3n) is 11.3. The number of hydrogen-bond donors (Lipinski definition) is 1. The molecule has 2 heterocycles. The minimum absolute atomic E-state index is 0.0919. The van der Waals surface area contributed by atoms with Crippen LogP contribution in [0.1, 0.15) is 68.7 Å². The van der Waals surface area contributed by atoms with Crippen LogP contribution in [0.3, 0.4) is 0 Å². The van der Waals surface area contributed by atoms with Crippen LogP contribution in [0.25, 0.3) is 0 Å². The second kappa shape index (κ2) is 12.3. The maximum absolute atomic E-state index is 14.0. The summed E-state index contributed by atoms with van der Waals surface area (Å²) in [5.74, 6) is -8.80. The van der Waals surface area contributed by atoms with Gasteiger partial charge >= 0.3 is 29.8 Å². The normalized spacial score (nSPS) is 37.9. The first kappa shape index (κ1) is 35.3. The highest BCUT2D eigenvalue weighted by Gasteiger charge is 2.83. The number of rotatable bonds is 7. The Kier molecular flexibility index (Phi) is 8.71. The second-order valence-electron chi connectivity index (χ2n) is 14.6. The Morgan fingerprint density at radius 2 is 1.34 bits per heavy atom. The van der Waals surface area contributed by atoms with Crippen LogP contribution in [0.4, 0.5) is 0 Å². The van der Waals surface area contributed by atoms with Crippen molar-refractivity contribution in [2.24, 2.45) is 28.6 Å². The van der Waals surface area contributed by atoms with E-state index in [0.29, 0.717) is 0 Å². The van der Waals surface area contributed by atoms with Crippen molar-refractivity contribution in [1.82, 2.24) is 0 Å². The molecule has 12 nitrogen and oxygen atoms in total. The second-order valence-corrected chi connectivity index (χ2v) is 14.6. The predicted octanol–water partition coefficient (Wildman–Crippen LogP) is 4.19. The fourth-order valence-electron chi connectivity index (χ4n) is 9.26. The molecular formula is C38H42O12. The molecule has 4 fully saturated rings. The Morgan fingerprint density at radius 1 is 0.800 bits per heavy atom. The van der Waals surface area contributed by atoms with E-state index in [4.69, 9.17) is 28.4 Å². The lowest BCUT2D eigenvalue weighted by atomic mass is 9.42. The van der Waals surface area contributed by atoms with Gasteiger partial charge in [0.25, 0.3) is 0 Å². The number of hydrogen-bond acceptors (Lipinski definition) is 12. The summed E-state index contributed by atoms with van der Waals surface area (Å²) in [5.41, 5.74) is -3.88. The molecule has 2 aromatic rings. The minimum atomic E-state index is -2.10. The number of carbonyl (C=O) groups excluding carboxylic acids is 5. The highest BCUT2D eigenvalue weighted by atomic mass is 16.8. The largest absolute Gasteiger partial charge is 0.458 e. The van der Waals surface area contributed by atoms with Gasteiger partial charge in [0.05, 0.1) is 23.0 Å². The third kappa shape index (κ3) is 5.22. The molecule has 1 spiro atoms. The Morgan fingerprint density at radius 3 is 1.86 bits per heavy atom. The van der Waals surface area contributed by atoms with Crippen LogP contribution in [0.5, 0.6) is 0 Å². The number of carbonyl (C=O) groups is 5. The van der Waals surface area contributed by atoms with Gasteiger partial charge in [0, 0.05) is 24.7 Å². The first-order valence-corrected chi connectivity index (χ1v) is 16.6. The van der Waals surface area contributed by atoms with Gasteiger partial charge in [-0.05, 0) is 43.5 Å². The summed E-state index contributed by atoms with van der Waals surface area (Å²) in [6.45, 7) is 13.2. The van der Waals surface area contributed by atoms with Gasteiger partial charge in [-0.3, -0.25) is 9.59 Å². The highest BCUT2D eigenvalue weighted by Crippen LogP contribution is 2.70. The zero-order valence-electron chi connectivity index (χ0n) is 28.8. The first-order valence-electron chi connectivity index (χ1n) is 16.6. The minimum Gasteiger partial charge on any atom is -0.458 e. The monoisotopic (exact) mass is 690 g/mol. The highest BCUT2D eigenvalue weighted by molar-refractivity contribution is 5.90. The molecule has 2 aliphatic carbocycles. The molecule has 266 valence electrons. The molecule has 2 aromatic carbocycles. The summed E-state index contributed by atoms with van der Waals surface area (Å²) in [6.07, 6.45) is -5.37. The summed E-state index contributed by atoms with van der Waals surface area (Å²) >= 11 is 0. The molecule has 2 saturated carbocycles. The molecule has 50 heavy (non-hydrogen) atoms. The van der Waals surface area contributed by atoms with Crippen molar-refractivity contribution in [3.05, 3.63) is 84.4 Å². The zero-order chi connectivity index (χ0) is 36.4. The molecule has 1 N–H and O–H groups in total. The van der Waals surface area contributed by atoms with E-state index in [1.54, 1.807) is 81.4 Å². The Labute approximate surface area is 290 Å². The van der Waals surface area contributed by atoms with Crippen LogP contribution in [0, 0.1) is 28.6 Å². The van der Waals surface area contributed by atoms with Gasteiger partial charge in [-0.1, -0.05) is 63.2 Å². The average molecular weight is 691 g/mol. The van der Waals surface area contributed by atoms with E-state index in [1.165, 1.54) is 26.8 Å². The van der Waals surface area contributed by atoms with E-state index >= 15 is 0 Å². The molecule has 0 radical (unpaired) electrons.